The highest BCUT2D eigenvalue weighted by atomic mass is 35.5. The van der Waals surface area contributed by atoms with Crippen LogP contribution in [0.5, 0.6) is 0 Å². The van der Waals surface area contributed by atoms with Gasteiger partial charge in [0.1, 0.15) is 5.82 Å². The summed E-state index contributed by atoms with van der Waals surface area (Å²) in [6, 6.07) is 3.94. The summed E-state index contributed by atoms with van der Waals surface area (Å²) in [5.74, 6) is -0.814. The van der Waals surface area contributed by atoms with E-state index >= 15 is 0 Å². The van der Waals surface area contributed by atoms with Gasteiger partial charge in [-0.2, -0.15) is 0 Å². The number of sulfonamides is 1. The summed E-state index contributed by atoms with van der Waals surface area (Å²) in [7, 11) is -1.71. The molecule has 22 heavy (non-hydrogen) atoms. The lowest BCUT2D eigenvalue weighted by Gasteiger charge is -2.18. The van der Waals surface area contributed by atoms with E-state index < -0.39 is 15.8 Å². The van der Waals surface area contributed by atoms with E-state index in [1.807, 2.05) is 0 Å². The molecule has 0 aliphatic carbocycles. The molecule has 1 heterocycles. The van der Waals surface area contributed by atoms with Crippen LogP contribution in [-0.4, -0.2) is 40.2 Å². The molecule has 124 valence electrons. The average Bonchev–Trinajstić information content (AvgIpc) is 2.78. The quantitative estimate of drug-likeness (QED) is 0.839. The molecule has 1 fully saturated rings. The Kier molecular flexibility index (Phi) is 6.58. The van der Waals surface area contributed by atoms with Crippen LogP contribution < -0.4 is 14.9 Å². The minimum absolute atomic E-state index is 0. The van der Waals surface area contributed by atoms with Crippen molar-refractivity contribution in [3.8, 4) is 0 Å². The van der Waals surface area contributed by atoms with Crippen molar-refractivity contribution in [3.05, 3.63) is 24.0 Å². The Labute approximate surface area is 135 Å². The second kappa shape index (κ2) is 7.75. The van der Waals surface area contributed by atoms with Crippen LogP contribution in [-0.2, 0) is 14.8 Å². The lowest BCUT2D eigenvalue weighted by atomic mass is 10.2. The molecule has 1 aromatic carbocycles. The van der Waals surface area contributed by atoms with Gasteiger partial charge in [-0.25, -0.2) is 12.8 Å². The van der Waals surface area contributed by atoms with E-state index in [1.165, 1.54) is 12.1 Å². The molecular formula is C13H19ClFN3O3S. The van der Waals surface area contributed by atoms with Crippen molar-refractivity contribution in [3.63, 3.8) is 0 Å². The molecule has 0 unspecified atom stereocenters. The Hall–Kier alpha value is -1.38. The van der Waals surface area contributed by atoms with Crippen molar-refractivity contribution < 1.29 is 17.6 Å². The highest BCUT2D eigenvalue weighted by molar-refractivity contribution is 7.93. The summed E-state index contributed by atoms with van der Waals surface area (Å²) in [5.41, 5.74) is 0.369. The molecule has 1 saturated heterocycles. The topological polar surface area (TPSA) is 78.5 Å². The van der Waals surface area contributed by atoms with Crippen LogP contribution in [0.15, 0.2) is 18.2 Å². The van der Waals surface area contributed by atoms with Gasteiger partial charge in [0.2, 0.25) is 15.9 Å². The molecule has 0 atom stereocenters. The zero-order valence-corrected chi connectivity index (χ0v) is 13.8. The van der Waals surface area contributed by atoms with Crippen molar-refractivity contribution in [2.24, 2.45) is 0 Å². The van der Waals surface area contributed by atoms with Crippen molar-refractivity contribution >= 4 is 39.7 Å². The molecular weight excluding hydrogens is 333 g/mol. The second-order valence-corrected chi connectivity index (χ2v) is 6.82. The molecule has 0 saturated carbocycles. The fraction of sp³-hybridized carbons (Fsp3) is 0.462. The predicted molar refractivity (Wildman–Crippen MR) is 86.6 cm³/mol. The Balaban J connectivity index is 0.00000242. The monoisotopic (exact) mass is 351 g/mol. The van der Waals surface area contributed by atoms with E-state index in [0.29, 0.717) is 18.7 Å². The third-order valence-electron chi connectivity index (χ3n) is 3.20. The number of anilines is 2. The van der Waals surface area contributed by atoms with Crippen LogP contribution in [0.3, 0.4) is 0 Å². The van der Waals surface area contributed by atoms with Gasteiger partial charge in [-0.15, -0.1) is 12.4 Å². The molecule has 1 aromatic rings. The van der Waals surface area contributed by atoms with Gasteiger partial charge in [0, 0.05) is 25.2 Å². The molecule has 0 radical (unpaired) electrons. The largest absolute Gasteiger partial charge is 0.326 e. The van der Waals surface area contributed by atoms with E-state index in [2.05, 4.69) is 10.6 Å². The first kappa shape index (κ1) is 18.7. The van der Waals surface area contributed by atoms with Crippen LogP contribution >= 0.6 is 12.4 Å². The number of benzene rings is 1. The molecule has 0 aromatic heterocycles. The van der Waals surface area contributed by atoms with Crippen LogP contribution in [0.25, 0.3) is 0 Å². The van der Waals surface area contributed by atoms with Gasteiger partial charge in [-0.1, -0.05) is 0 Å². The number of halogens is 2. The number of carbonyl (C=O) groups is 1. The molecule has 0 bridgehead atoms. The molecule has 0 spiro atoms. The fourth-order valence-corrected chi connectivity index (χ4v) is 3.71. The van der Waals surface area contributed by atoms with Gasteiger partial charge in [0.15, 0.2) is 0 Å². The number of nitrogens with zero attached hydrogens (tertiary/aromatic N) is 1. The fourth-order valence-electron chi connectivity index (χ4n) is 2.15. The summed E-state index contributed by atoms with van der Waals surface area (Å²) >= 11 is 0. The number of hydrogen-bond acceptors (Lipinski definition) is 4. The van der Waals surface area contributed by atoms with Gasteiger partial charge >= 0.3 is 0 Å². The lowest BCUT2D eigenvalue weighted by Crippen LogP contribution is -2.26. The molecule has 9 heteroatoms. The number of nitrogens with one attached hydrogen (secondary N) is 2. The van der Waals surface area contributed by atoms with Crippen LogP contribution in [0.4, 0.5) is 15.8 Å². The van der Waals surface area contributed by atoms with Crippen LogP contribution in [0, 0.1) is 5.82 Å². The molecule has 1 amide bonds. The van der Waals surface area contributed by atoms with Crippen molar-refractivity contribution in [1.82, 2.24) is 5.32 Å². The van der Waals surface area contributed by atoms with Gasteiger partial charge in [-0.05, 0) is 31.7 Å². The van der Waals surface area contributed by atoms with E-state index in [9.17, 15) is 17.6 Å². The maximum Gasteiger partial charge on any atom is 0.235 e. The van der Waals surface area contributed by atoms with Gasteiger partial charge < -0.3 is 10.6 Å². The highest BCUT2D eigenvalue weighted by Gasteiger charge is 2.30. The zero-order valence-electron chi connectivity index (χ0n) is 12.1. The minimum Gasteiger partial charge on any atom is -0.326 e. The summed E-state index contributed by atoms with van der Waals surface area (Å²) in [6.07, 6.45) is 0.756. The van der Waals surface area contributed by atoms with E-state index in [0.717, 1.165) is 10.4 Å². The Bertz CT molecular complexity index is 639. The van der Waals surface area contributed by atoms with E-state index in [-0.39, 0.29) is 42.7 Å². The van der Waals surface area contributed by atoms with Gasteiger partial charge in [0.05, 0.1) is 11.4 Å². The SMILES string of the molecule is CNCCC(=O)Nc1ccc(F)c(N2CCCS2(=O)=O)c1.Cl. The first-order valence-electron chi connectivity index (χ1n) is 6.68. The highest BCUT2D eigenvalue weighted by Crippen LogP contribution is 2.29. The number of amides is 1. The van der Waals surface area contributed by atoms with Crippen molar-refractivity contribution in [2.45, 2.75) is 12.8 Å². The summed E-state index contributed by atoms with van der Waals surface area (Å²) in [5, 5.41) is 5.48. The van der Waals surface area contributed by atoms with Crippen molar-refractivity contribution in [2.75, 3.05) is 35.5 Å². The summed E-state index contributed by atoms with van der Waals surface area (Å²) in [6.45, 7) is 0.788. The minimum atomic E-state index is -3.45. The van der Waals surface area contributed by atoms with E-state index in [4.69, 9.17) is 0 Å². The summed E-state index contributed by atoms with van der Waals surface area (Å²) < 4.78 is 38.6. The first-order chi connectivity index (χ1) is 9.94. The standard InChI is InChI=1S/C13H18FN3O3S.ClH/c1-15-6-5-13(18)16-10-3-4-11(14)12(9-10)17-7-2-8-21(17,19)20;/h3-4,9,15H,2,5-8H2,1H3,(H,16,18);1H. The second-order valence-electron chi connectivity index (χ2n) is 4.81. The molecule has 1 aliphatic rings. The maximum atomic E-state index is 13.9. The van der Waals surface area contributed by atoms with Crippen molar-refractivity contribution in [1.29, 1.82) is 0 Å². The normalized spacial score (nSPS) is 16.2. The number of carbonyl (C=O) groups excluding carboxylic acids is 1. The average molecular weight is 352 g/mol. The van der Waals surface area contributed by atoms with Gasteiger partial charge in [-0.3, -0.25) is 9.10 Å². The summed E-state index contributed by atoms with van der Waals surface area (Å²) in [4.78, 5) is 11.6. The Morgan fingerprint density at radius 3 is 2.73 bits per heavy atom. The zero-order chi connectivity index (χ0) is 15.5. The third kappa shape index (κ3) is 4.31. The Morgan fingerprint density at radius 1 is 1.41 bits per heavy atom. The smallest absolute Gasteiger partial charge is 0.235 e. The molecule has 2 N–H and O–H groups in total. The Morgan fingerprint density at radius 2 is 2.14 bits per heavy atom. The maximum absolute atomic E-state index is 13.9. The first-order valence-corrected chi connectivity index (χ1v) is 8.29. The van der Waals surface area contributed by atoms with E-state index in [1.54, 1.807) is 7.05 Å². The van der Waals surface area contributed by atoms with Crippen LogP contribution in [0.1, 0.15) is 12.8 Å². The lowest BCUT2D eigenvalue weighted by molar-refractivity contribution is -0.116. The molecule has 6 nitrogen and oxygen atoms in total. The number of hydrogen-bond donors (Lipinski definition) is 2. The molecule has 1 aliphatic heterocycles. The van der Waals surface area contributed by atoms with Crippen LogP contribution in [0.2, 0.25) is 0 Å². The predicted octanol–water partition coefficient (Wildman–Crippen LogP) is 1.34. The van der Waals surface area contributed by atoms with Gasteiger partial charge in [0.25, 0.3) is 0 Å². The third-order valence-corrected chi connectivity index (χ3v) is 5.06. The molecule has 2 rings (SSSR count). The number of rotatable bonds is 5.